The monoisotopic (exact) mass is 158 g/mol. The Kier molecular flexibility index (Phi) is 2.30. The Hall–Kier alpha value is -0.410. The van der Waals surface area contributed by atoms with E-state index < -0.39 is 5.60 Å². The SMILES string of the molecule is CCC1OCC(C)(C(C)=O)O1. The summed E-state index contributed by atoms with van der Waals surface area (Å²) < 4.78 is 10.6. The summed E-state index contributed by atoms with van der Waals surface area (Å²) in [6.07, 6.45) is 0.604. The maximum atomic E-state index is 11.0. The first-order valence-corrected chi connectivity index (χ1v) is 3.89. The Morgan fingerprint density at radius 1 is 1.73 bits per heavy atom. The molecule has 1 aliphatic rings. The van der Waals surface area contributed by atoms with Gasteiger partial charge in [0.1, 0.15) is 5.60 Å². The van der Waals surface area contributed by atoms with Crippen molar-refractivity contribution in [3.63, 3.8) is 0 Å². The second kappa shape index (κ2) is 2.91. The number of hydrogen-bond donors (Lipinski definition) is 0. The first-order chi connectivity index (χ1) is 5.08. The molecule has 3 heteroatoms. The maximum absolute atomic E-state index is 11.0. The molecule has 11 heavy (non-hydrogen) atoms. The third kappa shape index (κ3) is 1.60. The van der Waals surface area contributed by atoms with Crippen molar-refractivity contribution in [2.75, 3.05) is 6.61 Å². The third-order valence-electron chi connectivity index (χ3n) is 2.01. The van der Waals surface area contributed by atoms with E-state index in [2.05, 4.69) is 0 Å². The van der Waals surface area contributed by atoms with E-state index >= 15 is 0 Å². The molecule has 2 unspecified atom stereocenters. The lowest BCUT2D eigenvalue weighted by molar-refractivity contribution is -0.141. The molecule has 1 saturated heterocycles. The molecule has 64 valence electrons. The highest BCUT2D eigenvalue weighted by atomic mass is 16.7. The maximum Gasteiger partial charge on any atom is 0.163 e. The van der Waals surface area contributed by atoms with Crippen LogP contribution in [0.1, 0.15) is 27.2 Å². The van der Waals surface area contributed by atoms with E-state index in [4.69, 9.17) is 9.47 Å². The molecule has 0 aromatic carbocycles. The van der Waals surface area contributed by atoms with Crippen molar-refractivity contribution in [2.24, 2.45) is 0 Å². The van der Waals surface area contributed by atoms with Gasteiger partial charge in [-0.25, -0.2) is 0 Å². The smallest absolute Gasteiger partial charge is 0.163 e. The summed E-state index contributed by atoms with van der Waals surface area (Å²) >= 11 is 0. The van der Waals surface area contributed by atoms with E-state index in [1.807, 2.05) is 6.92 Å². The van der Waals surface area contributed by atoms with Gasteiger partial charge in [-0.05, 0) is 20.3 Å². The van der Waals surface area contributed by atoms with Gasteiger partial charge in [-0.3, -0.25) is 4.79 Å². The lowest BCUT2D eigenvalue weighted by atomic mass is 10.0. The van der Waals surface area contributed by atoms with Crippen LogP contribution in [-0.2, 0) is 14.3 Å². The van der Waals surface area contributed by atoms with Gasteiger partial charge in [0, 0.05) is 0 Å². The average Bonchev–Trinajstić information content (AvgIpc) is 2.33. The van der Waals surface area contributed by atoms with Gasteiger partial charge in [-0.2, -0.15) is 0 Å². The number of carbonyl (C=O) groups is 1. The van der Waals surface area contributed by atoms with Gasteiger partial charge < -0.3 is 9.47 Å². The molecule has 0 aromatic heterocycles. The normalized spacial score (nSPS) is 37.5. The zero-order valence-electron chi connectivity index (χ0n) is 7.22. The van der Waals surface area contributed by atoms with E-state index in [1.54, 1.807) is 6.92 Å². The topological polar surface area (TPSA) is 35.5 Å². The largest absolute Gasteiger partial charge is 0.349 e. The highest BCUT2D eigenvalue weighted by Gasteiger charge is 2.40. The lowest BCUT2D eigenvalue weighted by Crippen LogP contribution is -2.36. The van der Waals surface area contributed by atoms with Crippen LogP contribution in [0.15, 0.2) is 0 Å². The highest BCUT2D eigenvalue weighted by molar-refractivity contribution is 5.84. The van der Waals surface area contributed by atoms with E-state index in [9.17, 15) is 4.79 Å². The molecule has 0 amide bonds. The quantitative estimate of drug-likeness (QED) is 0.604. The van der Waals surface area contributed by atoms with Crippen LogP contribution in [0.2, 0.25) is 0 Å². The summed E-state index contributed by atoms with van der Waals surface area (Å²) in [6, 6.07) is 0. The van der Waals surface area contributed by atoms with Crippen molar-refractivity contribution < 1.29 is 14.3 Å². The second-order valence-electron chi connectivity index (χ2n) is 3.05. The van der Waals surface area contributed by atoms with Gasteiger partial charge in [0.05, 0.1) is 6.61 Å². The Labute approximate surface area is 66.7 Å². The number of carbonyl (C=O) groups excluding carboxylic acids is 1. The Balaban J connectivity index is 2.57. The van der Waals surface area contributed by atoms with Crippen LogP contribution in [0.4, 0.5) is 0 Å². The third-order valence-corrected chi connectivity index (χ3v) is 2.01. The molecular weight excluding hydrogens is 144 g/mol. The molecule has 2 atom stereocenters. The van der Waals surface area contributed by atoms with Gasteiger partial charge in [0.2, 0.25) is 0 Å². The molecule has 0 aliphatic carbocycles. The van der Waals surface area contributed by atoms with Crippen molar-refractivity contribution in [2.45, 2.75) is 39.1 Å². The summed E-state index contributed by atoms with van der Waals surface area (Å²) in [5, 5.41) is 0. The molecule has 0 radical (unpaired) electrons. The molecule has 0 saturated carbocycles. The van der Waals surface area contributed by atoms with E-state index in [-0.39, 0.29) is 12.1 Å². The van der Waals surface area contributed by atoms with Crippen molar-refractivity contribution in [3.05, 3.63) is 0 Å². The van der Waals surface area contributed by atoms with Gasteiger partial charge in [-0.15, -0.1) is 0 Å². The van der Waals surface area contributed by atoms with Crippen LogP contribution in [0.5, 0.6) is 0 Å². The molecule has 0 N–H and O–H groups in total. The van der Waals surface area contributed by atoms with Crippen LogP contribution in [0, 0.1) is 0 Å². The van der Waals surface area contributed by atoms with Crippen molar-refractivity contribution >= 4 is 5.78 Å². The number of Topliss-reactive ketones (excluding diaryl/α,β-unsaturated/α-hetero) is 1. The van der Waals surface area contributed by atoms with Crippen molar-refractivity contribution in [3.8, 4) is 0 Å². The number of ether oxygens (including phenoxy) is 2. The molecule has 0 aromatic rings. The first kappa shape index (κ1) is 8.68. The molecule has 3 nitrogen and oxygen atoms in total. The van der Waals surface area contributed by atoms with Crippen LogP contribution in [-0.4, -0.2) is 24.3 Å². The van der Waals surface area contributed by atoms with E-state index in [0.717, 1.165) is 6.42 Å². The van der Waals surface area contributed by atoms with Crippen LogP contribution in [0.3, 0.4) is 0 Å². The Bertz CT molecular complexity index is 167. The number of hydrogen-bond acceptors (Lipinski definition) is 3. The van der Waals surface area contributed by atoms with Crippen LogP contribution >= 0.6 is 0 Å². The molecule has 1 fully saturated rings. The Morgan fingerprint density at radius 2 is 2.36 bits per heavy atom. The molecule has 1 heterocycles. The van der Waals surface area contributed by atoms with Crippen LogP contribution in [0.25, 0.3) is 0 Å². The minimum atomic E-state index is -0.694. The summed E-state index contributed by atoms with van der Waals surface area (Å²) in [5.74, 6) is 0.0356. The molecule has 1 aliphatic heterocycles. The predicted molar refractivity (Wildman–Crippen MR) is 40.2 cm³/mol. The molecule has 0 bridgehead atoms. The van der Waals surface area contributed by atoms with Crippen molar-refractivity contribution in [1.82, 2.24) is 0 Å². The Morgan fingerprint density at radius 3 is 2.64 bits per heavy atom. The van der Waals surface area contributed by atoms with Gasteiger partial charge >= 0.3 is 0 Å². The lowest BCUT2D eigenvalue weighted by Gasteiger charge is -2.17. The summed E-state index contributed by atoms with van der Waals surface area (Å²) in [6.45, 7) is 5.66. The highest BCUT2D eigenvalue weighted by Crippen LogP contribution is 2.24. The molecule has 0 spiro atoms. The number of ketones is 1. The fourth-order valence-corrected chi connectivity index (χ4v) is 0.996. The van der Waals surface area contributed by atoms with Gasteiger partial charge in [0.15, 0.2) is 12.1 Å². The summed E-state index contributed by atoms with van der Waals surface area (Å²) in [7, 11) is 0. The fourth-order valence-electron chi connectivity index (χ4n) is 0.996. The standard InChI is InChI=1S/C8H14O3/c1-4-7-10-5-8(3,11-7)6(2)9/h7H,4-5H2,1-3H3. The fraction of sp³-hybridized carbons (Fsp3) is 0.875. The van der Waals surface area contributed by atoms with Crippen molar-refractivity contribution in [1.29, 1.82) is 0 Å². The predicted octanol–water partition coefficient (Wildman–Crippen LogP) is 1.12. The first-order valence-electron chi connectivity index (χ1n) is 3.89. The number of rotatable bonds is 2. The molecule has 1 rings (SSSR count). The summed E-state index contributed by atoms with van der Waals surface area (Å²) in [5.41, 5.74) is -0.694. The van der Waals surface area contributed by atoms with Crippen LogP contribution < -0.4 is 0 Å². The second-order valence-corrected chi connectivity index (χ2v) is 3.05. The minimum Gasteiger partial charge on any atom is -0.349 e. The average molecular weight is 158 g/mol. The van der Waals surface area contributed by atoms with Gasteiger partial charge in [-0.1, -0.05) is 6.92 Å². The zero-order valence-corrected chi connectivity index (χ0v) is 7.22. The molecular formula is C8H14O3. The van der Waals surface area contributed by atoms with E-state index in [1.165, 1.54) is 6.92 Å². The zero-order chi connectivity index (χ0) is 8.48. The minimum absolute atomic E-state index is 0.0356. The van der Waals surface area contributed by atoms with E-state index in [0.29, 0.717) is 6.61 Å². The van der Waals surface area contributed by atoms with Gasteiger partial charge in [0.25, 0.3) is 0 Å². The summed E-state index contributed by atoms with van der Waals surface area (Å²) in [4.78, 5) is 11.0.